The molecule has 1 unspecified atom stereocenters. The maximum absolute atomic E-state index is 12.4. The van der Waals surface area contributed by atoms with Crippen LogP contribution in [0.3, 0.4) is 0 Å². The van der Waals surface area contributed by atoms with Crippen LogP contribution in [0, 0.1) is 0 Å². The molecule has 0 aromatic rings. The topological polar surface area (TPSA) is 72.8 Å². The molecule has 82 heavy (non-hydrogen) atoms. The average molecular weight is 1130 g/mol. The third kappa shape index (κ3) is 67.5. The van der Waals surface area contributed by atoms with Gasteiger partial charge in [-0.2, -0.15) is 0 Å². The molecule has 5 heteroatoms. The van der Waals surface area contributed by atoms with E-state index in [0.717, 1.165) is 148 Å². The van der Waals surface area contributed by atoms with Crippen molar-refractivity contribution in [2.75, 3.05) is 13.2 Å². The van der Waals surface area contributed by atoms with Gasteiger partial charge in [-0.15, -0.1) is 0 Å². The molecular weight excluding hydrogens is 1000 g/mol. The minimum Gasteiger partial charge on any atom is -0.462 e. The van der Waals surface area contributed by atoms with Gasteiger partial charge in [0.2, 0.25) is 0 Å². The highest BCUT2D eigenvalue weighted by molar-refractivity contribution is 5.70. The molecule has 0 fully saturated rings. The molecule has 0 saturated carbocycles. The van der Waals surface area contributed by atoms with Gasteiger partial charge in [0.1, 0.15) is 6.61 Å². The van der Waals surface area contributed by atoms with Crippen molar-refractivity contribution in [3.8, 4) is 0 Å². The fourth-order valence-corrected chi connectivity index (χ4v) is 8.79. The number of aliphatic hydroxyl groups is 1. The van der Waals surface area contributed by atoms with Crippen LogP contribution in [0.4, 0.5) is 0 Å². The van der Waals surface area contributed by atoms with Crippen molar-refractivity contribution >= 4 is 11.9 Å². The van der Waals surface area contributed by atoms with Gasteiger partial charge < -0.3 is 14.6 Å². The van der Waals surface area contributed by atoms with E-state index in [9.17, 15) is 14.7 Å². The smallest absolute Gasteiger partial charge is 0.306 e. The number of unbranched alkanes of at least 4 members (excludes halogenated alkanes) is 21. The summed E-state index contributed by atoms with van der Waals surface area (Å²) in [5, 5.41) is 9.69. The number of allylic oxidation sites excluding steroid dienone is 30. The molecule has 0 rings (SSSR count). The van der Waals surface area contributed by atoms with Gasteiger partial charge in [0.05, 0.1) is 6.61 Å². The molecule has 0 aliphatic heterocycles. The lowest BCUT2D eigenvalue weighted by Gasteiger charge is -2.15. The van der Waals surface area contributed by atoms with Gasteiger partial charge in [-0.3, -0.25) is 9.59 Å². The summed E-state index contributed by atoms with van der Waals surface area (Å²) in [7, 11) is 0. The zero-order chi connectivity index (χ0) is 59.1. The van der Waals surface area contributed by atoms with Crippen LogP contribution >= 0.6 is 0 Å². The summed E-state index contributed by atoms with van der Waals surface area (Å²) in [6.45, 7) is 3.90. The van der Waals surface area contributed by atoms with E-state index in [-0.39, 0.29) is 25.2 Å². The highest BCUT2D eigenvalue weighted by atomic mass is 16.6. The first-order valence-corrected chi connectivity index (χ1v) is 33.3. The first kappa shape index (κ1) is 77.0. The zero-order valence-electron chi connectivity index (χ0n) is 52.7. The normalized spacial score (nSPS) is 13.5. The fraction of sp³-hybridized carbons (Fsp3) is 0.584. The number of carbonyl (C=O) groups is 2. The molecular formula is C77H122O5. The molecule has 0 aromatic carbocycles. The zero-order valence-corrected chi connectivity index (χ0v) is 52.7. The maximum atomic E-state index is 12.4. The summed E-state index contributed by atoms with van der Waals surface area (Å²) < 4.78 is 10.7. The summed E-state index contributed by atoms with van der Waals surface area (Å²) >= 11 is 0. The van der Waals surface area contributed by atoms with Crippen molar-refractivity contribution in [2.45, 2.75) is 277 Å². The second-order valence-electron chi connectivity index (χ2n) is 21.4. The molecule has 1 N–H and O–H groups in total. The van der Waals surface area contributed by atoms with Crippen molar-refractivity contribution in [3.05, 3.63) is 182 Å². The Balaban J connectivity index is 3.59. The Morgan fingerprint density at radius 2 is 0.488 bits per heavy atom. The largest absolute Gasteiger partial charge is 0.462 e. The number of carbonyl (C=O) groups excluding carboxylic acids is 2. The molecule has 460 valence electrons. The lowest BCUT2D eigenvalue weighted by atomic mass is 10.0. The van der Waals surface area contributed by atoms with Crippen LogP contribution in [0.15, 0.2) is 182 Å². The third-order valence-corrected chi connectivity index (χ3v) is 13.7. The first-order chi connectivity index (χ1) is 40.6. The second kappa shape index (κ2) is 70.3. The summed E-state index contributed by atoms with van der Waals surface area (Å²) in [6, 6.07) is 0. The van der Waals surface area contributed by atoms with Crippen LogP contribution in [-0.2, 0) is 19.1 Å². The Morgan fingerprint density at radius 3 is 0.732 bits per heavy atom. The molecule has 0 heterocycles. The van der Waals surface area contributed by atoms with Crippen molar-refractivity contribution in [1.29, 1.82) is 0 Å². The molecule has 0 aliphatic carbocycles. The van der Waals surface area contributed by atoms with Crippen LogP contribution in [-0.4, -0.2) is 36.4 Å². The summed E-state index contributed by atoms with van der Waals surface area (Å²) in [4.78, 5) is 24.6. The Labute approximate surface area is 505 Å². The van der Waals surface area contributed by atoms with Crippen molar-refractivity contribution in [1.82, 2.24) is 0 Å². The quantitative estimate of drug-likeness (QED) is 0.0373. The summed E-state index contributed by atoms with van der Waals surface area (Å²) in [6.07, 6.45) is 110. The van der Waals surface area contributed by atoms with Crippen LogP contribution in [0.5, 0.6) is 0 Å². The highest BCUT2D eigenvalue weighted by Gasteiger charge is 2.16. The number of esters is 2. The minimum absolute atomic E-state index is 0.0820. The van der Waals surface area contributed by atoms with Crippen molar-refractivity contribution < 1.29 is 24.2 Å². The van der Waals surface area contributed by atoms with Gasteiger partial charge >= 0.3 is 11.9 Å². The van der Waals surface area contributed by atoms with Crippen LogP contribution in [0.25, 0.3) is 0 Å². The van der Waals surface area contributed by atoms with E-state index in [2.05, 4.69) is 196 Å². The standard InChI is InChI=1S/C77H122O5/c1-3-5-7-9-11-13-15-17-19-21-23-25-27-29-31-33-35-36-37-38-39-40-42-44-46-48-50-52-54-56-58-60-62-64-66-68-70-72-77(80)82-75(73-78)74-81-76(79)71-69-67-65-63-61-59-57-55-53-51-49-47-45-43-41-34-32-30-28-26-24-22-20-18-16-14-12-10-8-6-4-2/h5-8,11-14,17-20,23-26,29-32,35-36,38-39,42,44,48,50,54,56,75,78H,3-4,9-10,15-16,21-22,27-28,33-34,37,40-41,43,45-47,49,51-53,55,57-74H2,1-2H3/b7-5-,8-6-,13-11-,14-12-,19-17-,20-18-,25-23-,26-24-,31-29-,32-30-,36-35-,39-38-,44-42-,50-48-,56-54-. The lowest BCUT2D eigenvalue weighted by Crippen LogP contribution is -2.28. The Bertz CT molecular complexity index is 1850. The van der Waals surface area contributed by atoms with Crippen LogP contribution in [0.1, 0.15) is 271 Å². The molecule has 0 saturated heterocycles. The predicted octanol–water partition coefficient (Wildman–Crippen LogP) is 23.4. The van der Waals surface area contributed by atoms with E-state index in [4.69, 9.17) is 9.47 Å². The van der Waals surface area contributed by atoms with Gasteiger partial charge in [-0.1, -0.05) is 305 Å². The number of hydrogen-bond donors (Lipinski definition) is 1. The molecule has 0 radical (unpaired) electrons. The number of hydrogen-bond acceptors (Lipinski definition) is 5. The van der Waals surface area contributed by atoms with E-state index >= 15 is 0 Å². The first-order valence-electron chi connectivity index (χ1n) is 33.3. The molecule has 0 bridgehead atoms. The van der Waals surface area contributed by atoms with Crippen LogP contribution < -0.4 is 0 Å². The number of rotatable bonds is 59. The van der Waals surface area contributed by atoms with E-state index in [1.54, 1.807) is 0 Å². The SMILES string of the molecule is CC/C=C\C/C=C\C/C=C\C/C=C\C/C=C\C/C=C\C/C=C\C/C=C\C/C=C\C/C=C\CCCCCCCCC(=O)OC(CO)COC(=O)CCCCCCCCCCCCCCCCC/C=C\C/C=C\C/C=C\C/C=C\C/C=C\CC. The van der Waals surface area contributed by atoms with E-state index in [1.165, 1.54) is 96.3 Å². The Morgan fingerprint density at radius 1 is 0.280 bits per heavy atom. The fourth-order valence-electron chi connectivity index (χ4n) is 8.79. The van der Waals surface area contributed by atoms with Gasteiger partial charge in [0.25, 0.3) is 0 Å². The summed E-state index contributed by atoms with van der Waals surface area (Å²) in [5.74, 6) is -0.615. The maximum Gasteiger partial charge on any atom is 0.306 e. The number of aliphatic hydroxyl groups excluding tert-OH is 1. The van der Waals surface area contributed by atoms with E-state index < -0.39 is 6.10 Å². The molecule has 0 aliphatic rings. The predicted molar refractivity (Wildman–Crippen MR) is 361 cm³/mol. The lowest BCUT2D eigenvalue weighted by molar-refractivity contribution is -0.161. The average Bonchev–Trinajstić information content (AvgIpc) is 3.49. The van der Waals surface area contributed by atoms with Crippen LogP contribution in [0.2, 0.25) is 0 Å². The third-order valence-electron chi connectivity index (χ3n) is 13.7. The van der Waals surface area contributed by atoms with E-state index in [0.29, 0.717) is 12.8 Å². The molecule has 5 nitrogen and oxygen atoms in total. The second-order valence-corrected chi connectivity index (χ2v) is 21.4. The van der Waals surface area contributed by atoms with Gasteiger partial charge in [0.15, 0.2) is 6.10 Å². The monoisotopic (exact) mass is 1130 g/mol. The number of ether oxygens (including phenoxy) is 2. The molecule has 1 atom stereocenters. The van der Waals surface area contributed by atoms with Gasteiger partial charge in [-0.05, 0) is 135 Å². The summed E-state index contributed by atoms with van der Waals surface area (Å²) in [5.41, 5.74) is 0. The Hall–Kier alpha value is -5.00. The van der Waals surface area contributed by atoms with Gasteiger partial charge in [0, 0.05) is 12.8 Å². The highest BCUT2D eigenvalue weighted by Crippen LogP contribution is 2.16. The molecule has 0 aromatic heterocycles. The van der Waals surface area contributed by atoms with Crippen molar-refractivity contribution in [3.63, 3.8) is 0 Å². The van der Waals surface area contributed by atoms with E-state index in [1.807, 2.05) is 0 Å². The minimum atomic E-state index is -0.795. The Kier molecular flexibility index (Phi) is 66.0. The molecule has 0 amide bonds. The van der Waals surface area contributed by atoms with Gasteiger partial charge in [-0.25, -0.2) is 0 Å². The molecule has 0 spiro atoms. The van der Waals surface area contributed by atoms with Crippen molar-refractivity contribution in [2.24, 2.45) is 0 Å².